The first-order valence-corrected chi connectivity index (χ1v) is 3.43. The Labute approximate surface area is 65.6 Å². The van der Waals surface area contributed by atoms with Crippen LogP contribution in [0.15, 0.2) is 0 Å². The van der Waals surface area contributed by atoms with Crippen LogP contribution in [-0.4, -0.2) is 47.2 Å². The Kier molecular flexibility index (Phi) is 3.44. The van der Waals surface area contributed by atoms with Crippen LogP contribution >= 0.6 is 0 Å². The van der Waals surface area contributed by atoms with E-state index in [9.17, 15) is 4.79 Å². The summed E-state index contributed by atoms with van der Waals surface area (Å²) < 4.78 is -0.155. The standard InChI is InChI=1S/C6H14N2O3/c1-3-8(2,6(7)11)4-5(9)10/h5,9-10H,3-4H2,1-2H3,(H-,7,11)/p+1. The molecule has 0 aliphatic heterocycles. The van der Waals surface area contributed by atoms with Crippen molar-refractivity contribution >= 4 is 6.03 Å². The summed E-state index contributed by atoms with van der Waals surface area (Å²) >= 11 is 0. The molecule has 4 N–H and O–H groups in total. The highest BCUT2D eigenvalue weighted by atomic mass is 16.5. The van der Waals surface area contributed by atoms with Gasteiger partial charge in [-0.3, -0.25) is 0 Å². The molecule has 0 bridgehead atoms. The molecule has 0 aromatic carbocycles. The third kappa shape index (κ3) is 2.83. The van der Waals surface area contributed by atoms with Gasteiger partial charge in [-0.2, -0.15) is 0 Å². The molecule has 0 aromatic rings. The van der Waals surface area contributed by atoms with Crippen LogP contribution in [-0.2, 0) is 0 Å². The third-order valence-corrected chi connectivity index (χ3v) is 1.80. The normalized spacial score (nSPS) is 16.5. The largest absolute Gasteiger partial charge is 0.413 e. The van der Waals surface area contributed by atoms with Crippen LogP contribution in [0, 0.1) is 0 Å². The highest BCUT2D eigenvalue weighted by Gasteiger charge is 2.29. The molecule has 0 radical (unpaired) electrons. The van der Waals surface area contributed by atoms with Gasteiger partial charge in [-0.15, -0.1) is 0 Å². The summed E-state index contributed by atoms with van der Waals surface area (Å²) in [5.74, 6) is 0. The van der Waals surface area contributed by atoms with Crippen LogP contribution in [0.3, 0.4) is 0 Å². The second-order valence-corrected chi connectivity index (χ2v) is 2.71. The van der Waals surface area contributed by atoms with E-state index in [2.05, 4.69) is 0 Å². The van der Waals surface area contributed by atoms with Crippen LogP contribution in [0.25, 0.3) is 0 Å². The highest BCUT2D eigenvalue weighted by molar-refractivity contribution is 5.64. The lowest BCUT2D eigenvalue weighted by atomic mass is 10.4. The van der Waals surface area contributed by atoms with Gasteiger partial charge >= 0.3 is 6.03 Å². The van der Waals surface area contributed by atoms with Gasteiger partial charge in [-0.05, 0) is 6.92 Å². The van der Waals surface area contributed by atoms with Gasteiger partial charge in [-0.1, -0.05) is 0 Å². The second-order valence-electron chi connectivity index (χ2n) is 2.71. The fraction of sp³-hybridized carbons (Fsp3) is 0.833. The second kappa shape index (κ2) is 3.66. The number of aliphatic hydroxyl groups excluding tert-OH is 1. The van der Waals surface area contributed by atoms with Crippen molar-refractivity contribution in [3.8, 4) is 0 Å². The quantitative estimate of drug-likeness (QED) is 0.362. The van der Waals surface area contributed by atoms with Crippen molar-refractivity contribution in [2.24, 2.45) is 5.73 Å². The number of nitrogens with zero attached hydrogens (tertiary/aromatic N) is 1. The maximum atomic E-state index is 10.8. The van der Waals surface area contributed by atoms with E-state index in [-0.39, 0.29) is 11.0 Å². The summed E-state index contributed by atoms with van der Waals surface area (Å²) in [5, 5.41) is 17.2. The fourth-order valence-electron chi connectivity index (χ4n) is 0.735. The van der Waals surface area contributed by atoms with E-state index in [1.54, 1.807) is 14.0 Å². The Morgan fingerprint density at radius 3 is 2.18 bits per heavy atom. The number of hydrogen-bond acceptors (Lipinski definition) is 3. The SMILES string of the molecule is CC[N+](C)(CC(O)O)C(N)=O. The maximum absolute atomic E-state index is 10.8. The van der Waals surface area contributed by atoms with Gasteiger partial charge in [0.1, 0.15) is 6.54 Å². The van der Waals surface area contributed by atoms with E-state index in [1.165, 1.54) is 0 Å². The lowest BCUT2D eigenvalue weighted by Gasteiger charge is -2.28. The molecule has 0 rings (SSSR count). The summed E-state index contributed by atoms with van der Waals surface area (Å²) in [4.78, 5) is 10.8. The summed E-state index contributed by atoms with van der Waals surface area (Å²) in [6.45, 7) is 2.14. The predicted octanol–water partition coefficient (Wildman–Crippen LogP) is -1.16. The van der Waals surface area contributed by atoms with E-state index < -0.39 is 12.3 Å². The number of hydrogen-bond donors (Lipinski definition) is 3. The first kappa shape index (κ1) is 10.3. The van der Waals surface area contributed by atoms with Crippen molar-refractivity contribution < 1.29 is 19.5 Å². The smallest absolute Gasteiger partial charge is 0.364 e. The van der Waals surface area contributed by atoms with E-state index in [1.807, 2.05) is 0 Å². The molecular weight excluding hydrogens is 148 g/mol. The Balaban J connectivity index is 4.22. The number of urea groups is 1. The lowest BCUT2D eigenvalue weighted by molar-refractivity contribution is -0.834. The molecule has 0 spiro atoms. The highest BCUT2D eigenvalue weighted by Crippen LogP contribution is 2.01. The van der Waals surface area contributed by atoms with Gasteiger partial charge in [0.25, 0.3) is 0 Å². The molecule has 0 heterocycles. The zero-order chi connectivity index (χ0) is 9.07. The van der Waals surface area contributed by atoms with Crippen molar-refractivity contribution in [2.45, 2.75) is 13.2 Å². The van der Waals surface area contributed by atoms with Gasteiger partial charge in [0.05, 0.1) is 13.6 Å². The molecule has 66 valence electrons. The van der Waals surface area contributed by atoms with E-state index in [4.69, 9.17) is 15.9 Å². The van der Waals surface area contributed by atoms with E-state index in [0.717, 1.165) is 0 Å². The minimum absolute atomic E-state index is 0.0637. The molecule has 11 heavy (non-hydrogen) atoms. The Hall–Kier alpha value is -0.650. The number of carbonyl (C=O) groups excluding carboxylic acids is 1. The van der Waals surface area contributed by atoms with Gasteiger partial charge in [0.2, 0.25) is 6.29 Å². The number of primary amides is 1. The third-order valence-electron chi connectivity index (χ3n) is 1.80. The molecule has 0 aromatic heterocycles. The maximum Gasteiger partial charge on any atom is 0.413 e. The zero-order valence-corrected chi connectivity index (χ0v) is 6.82. The molecule has 0 fully saturated rings. The lowest BCUT2D eigenvalue weighted by Crippen LogP contribution is -2.55. The summed E-state index contributed by atoms with van der Waals surface area (Å²) in [5.41, 5.74) is 5.04. The first-order chi connectivity index (χ1) is 4.92. The molecule has 1 unspecified atom stereocenters. The molecular formula is C6H15N2O3+. The number of likely N-dealkylation sites (N-methyl/N-ethyl adjacent to an activating group) is 1. The first-order valence-electron chi connectivity index (χ1n) is 3.43. The fourth-order valence-corrected chi connectivity index (χ4v) is 0.735. The average Bonchev–Trinajstić information content (AvgIpc) is 1.86. The van der Waals surface area contributed by atoms with Crippen molar-refractivity contribution in [2.75, 3.05) is 20.1 Å². The van der Waals surface area contributed by atoms with Crippen LogP contribution < -0.4 is 5.73 Å². The average molecular weight is 163 g/mol. The number of rotatable bonds is 3. The summed E-state index contributed by atoms with van der Waals surface area (Å²) in [7, 11) is 1.56. The topological polar surface area (TPSA) is 83.6 Å². The van der Waals surface area contributed by atoms with E-state index in [0.29, 0.717) is 6.54 Å². The predicted molar refractivity (Wildman–Crippen MR) is 39.4 cm³/mol. The van der Waals surface area contributed by atoms with Gasteiger partial charge in [0.15, 0.2) is 0 Å². The number of amides is 2. The molecule has 5 heteroatoms. The van der Waals surface area contributed by atoms with Gasteiger partial charge in [-0.25, -0.2) is 9.28 Å². The number of quaternary nitrogens is 1. The van der Waals surface area contributed by atoms with Crippen LogP contribution in [0.2, 0.25) is 0 Å². The van der Waals surface area contributed by atoms with Crippen LogP contribution in [0.1, 0.15) is 6.92 Å². The van der Waals surface area contributed by atoms with Crippen molar-refractivity contribution in [1.29, 1.82) is 0 Å². The van der Waals surface area contributed by atoms with Crippen molar-refractivity contribution in [1.82, 2.24) is 0 Å². The Bertz CT molecular complexity index is 149. The van der Waals surface area contributed by atoms with Crippen LogP contribution in [0.5, 0.6) is 0 Å². The molecule has 2 amide bonds. The van der Waals surface area contributed by atoms with Gasteiger partial charge < -0.3 is 15.9 Å². The number of nitrogens with two attached hydrogens (primary N) is 1. The molecule has 0 saturated carbocycles. The van der Waals surface area contributed by atoms with Crippen LogP contribution in [0.4, 0.5) is 4.79 Å². The van der Waals surface area contributed by atoms with E-state index >= 15 is 0 Å². The summed E-state index contributed by atoms with van der Waals surface area (Å²) in [6.07, 6.45) is -1.49. The van der Waals surface area contributed by atoms with Gasteiger partial charge in [0, 0.05) is 0 Å². The minimum atomic E-state index is -1.49. The summed E-state index contributed by atoms with van der Waals surface area (Å²) in [6, 6.07) is -0.555. The molecule has 0 aliphatic carbocycles. The minimum Gasteiger partial charge on any atom is -0.364 e. The number of aliphatic hydroxyl groups is 2. The number of carbonyl (C=O) groups is 1. The molecule has 0 saturated heterocycles. The van der Waals surface area contributed by atoms with Crippen molar-refractivity contribution in [3.05, 3.63) is 0 Å². The Morgan fingerprint density at radius 1 is 1.64 bits per heavy atom. The Morgan fingerprint density at radius 2 is 2.09 bits per heavy atom. The monoisotopic (exact) mass is 163 g/mol. The zero-order valence-electron chi connectivity index (χ0n) is 6.82. The molecule has 1 atom stereocenters. The molecule has 0 aliphatic rings. The molecule has 5 nitrogen and oxygen atoms in total. The van der Waals surface area contributed by atoms with Crippen molar-refractivity contribution in [3.63, 3.8) is 0 Å².